The van der Waals surface area contributed by atoms with Crippen LogP contribution in [0.15, 0.2) is 21.3 Å². The van der Waals surface area contributed by atoms with Crippen molar-refractivity contribution in [2.24, 2.45) is 0 Å². The van der Waals surface area contributed by atoms with Crippen LogP contribution in [0.3, 0.4) is 0 Å². The van der Waals surface area contributed by atoms with Crippen molar-refractivity contribution in [1.29, 1.82) is 0 Å². The quantitative estimate of drug-likeness (QED) is 0.620. The molecule has 0 N–H and O–H groups in total. The number of esters is 1. The topological polar surface area (TPSA) is 39.2 Å². The van der Waals surface area contributed by atoms with Gasteiger partial charge in [-0.05, 0) is 51.8 Å². The molecule has 3 nitrogen and oxygen atoms in total. The van der Waals surface area contributed by atoms with E-state index < -0.39 is 0 Å². The maximum Gasteiger partial charge on any atom is 0.341 e. The van der Waals surface area contributed by atoms with Crippen molar-refractivity contribution < 1.29 is 9.53 Å². The molecule has 1 heterocycles. The Labute approximate surface area is 99.1 Å². The number of hydrogen-bond acceptors (Lipinski definition) is 3. The van der Waals surface area contributed by atoms with E-state index in [9.17, 15) is 4.79 Å². The first-order valence-corrected chi connectivity index (χ1v) is 5.61. The molecule has 5 heteroatoms. The summed E-state index contributed by atoms with van der Waals surface area (Å²) in [6.07, 6.45) is 1.48. The normalized spacial score (nSPS) is 10.4. The number of carbonyl (C=O) groups excluding carboxylic acids is 1. The average Bonchev–Trinajstić information content (AvgIpc) is 2.08. The SMILES string of the molecule is CC(C)OC(=O)c1cc(Br)cnc1Br. The van der Waals surface area contributed by atoms with Gasteiger partial charge in [-0.2, -0.15) is 0 Å². The number of ether oxygens (including phenoxy) is 1. The van der Waals surface area contributed by atoms with Crippen LogP contribution in [0, 0.1) is 0 Å². The summed E-state index contributed by atoms with van der Waals surface area (Å²) in [4.78, 5) is 15.5. The minimum Gasteiger partial charge on any atom is -0.459 e. The Balaban J connectivity index is 2.94. The molecule has 1 aromatic heterocycles. The van der Waals surface area contributed by atoms with E-state index >= 15 is 0 Å². The van der Waals surface area contributed by atoms with Gasteiger partial charge in [-0.3, -0.25) is 0 Å². The van der Waals surface area contributed by atoms with Gasteiger partial charge in [-0.25, -0.2) is 9.78 Å². The Kier molecular flexibility index (Phi) is 4.07. The highest BCUT2D eigenvalue weighted by Gasteiger charge is 2.14. The lowest BCUT2D eigenvalue weighted by molar-refractivity contribution is 0.0376. The molecule has 0 amide bonds. The molecule has 1 rings (SSSR count). The molecule has 14 heavy (non-hydrogen) atoms. The molecule has 0 aliphatic carbocycles. The monoisotopic (exact) mass is 321 g/mol. The smallest absolute Gasteiger partial charge is 0.341 e. The fraction of sp³-hybridized carbons (Fsp3) is 0.333. The van der Waals surface area contributed by atoms with Crippen molar-refractivity contribution in [2.75, 3.05) is 0 Å². The van der Waals surface area contributed by atoms with Crippen LogP contribution in [-0.4, -0.2) is 17.1 Å². The van der Waals surface area contributed by atoms with E-state index in [-0.39, 0.29) is 12.1 Å². The number of carbonyl (C=O) groups is 1. The van der Waals surface area contributed by atoms with Crippen LogP contribution in [0.4, 0.5) is 0 Å². The lowest BCUT2D eigenvalue weighted by Gasteiger charge is -2.08. The predicted octanol–water partition coefficient (Wildman–Crippen LogP) is 3.17. The molecule has 76 valence electrons. The van der Waals surface area contributed by atoms with Gasteiger partial charge in [0, 0.05) is 10.7 Å². The van der Waals surface area contributed by atoms with Crippen LogP contribution >= 0.6 is 31.9 Å². The number of hydrogen-bond donors (Lipinski definition) is 0. The Morgan fingerprint density at radius 2 is 2.14 bits per heavy atom. The lowest BCUT2D eigenvalue weighted by atomic mass is 10.3. The second-order valence-corrected chi connectivity index (χ2v) is 4.61. The molecule has 0 unspecified atom stereocenters. The van der Waals surface area contributed by atoms with Crippen molar-refractivity contribution in [3.8, 4) is 0 Å². The largest absolute Gasteiger partial charge is 0.459 e. The molecule has 0 atom stereocenters. The Morgan fingerprint density at radius 3 is 2.71 bits per heavy atom. The first kappa shape index (κ1) is 11.7. The van der Waals surface area contributed by atoms with E-state index in [1.807, 2.05) is 0 Å². The highest BCUT2D eigenvalue weighted by Crippen LogP contribution is 2.19. The standard InChI is InChI=1S/C9H9Br2NO2/c1-5(2)14-9(13)7-3-6(10)4-12-8(7)11/h3-5H,1-2H3. The van der Waals surface area contributed by atoms with Gasteiger partial charge in [0.1, 0.15) is 4.60 Å². The number of aromatic nitrogens is 1. The molecule has 0 fully saturated rings. The molecule has 0 saturated carbocycles. The third-order valence-electron chi connectivity index (χ3n) is 1.37. The summed E-state index contributed by atoms with van der Waals surface area (Å²) in [6, 6.07) is 1.67. The van der Waals surface area contributed by atoms with Crippen LogP contribution < -0.4 is 0 Å². The summed E-state index contributed by atoms with van der Waals surface area (Å²) in [7, 11) is 0. The van der Waals surface area contributed by atoms with Gasteiger partial charge in [0.05, 0.1) is 11.7 Å². The van der Waals surface area contributed by atoms with Crippen LogP contribution in [0.1, 0.15) is 24.2 Å². The number of rotatable bonds is 2. The molecule has 0 aliphatic heterocycles. The summed E-state index contributed by atoms with van der Waals surface area (Å²) in [5.74, 6) is -0.374. The fourth-order valence-corrected chi connectivity index (χ4v) is 1.55. The summed E-state index contributed by atoms with van der Waals surface area (Å²) < 4.78 is 6.28. The average molecular weight is 323 g/mol. The predicted molar refractivity (Wildman–Crippen MR) is 60.2 cm³/mol. The van der Waals surface area contributed by atoms with E-state index in [0.29, 0.717) is 10.2 Å². The van der Waals surface area contributed by atoms with E-state index in [4.69, 9.17) is 4.74 Å². The molecule has 1 aromatic rings. The van der Waals surface area contributed by atoms with Crippen molar-refractivity contribution >= 4 is 37.8 Å². The van der Waals surface area contributed by atoms with E-state index in [2.05, 4.69) is 36.8 Å². The summed E-state index contributed by atoms with van der Waals surface area (Å²) >= 11 is 6.43. The third-order valence-corrected chi connectivity index (χ3v) is 2.43. The van der Waals surface area contributed by atoms with Gasteiger partial charge < -0.3 is 4.74 Å². The number of pyridine rings is 1. The molecular formula is C9H9Br2NO2. The second-order valence-electron chi connectivity index (χ2n) is 2.95. The summed E-state index contributed by atoms with van der Waals surface area (Å²) in [5, 5.41) is 0. The van der Waals surface area contributed by atoms with Gasteiger partial charge in [0.2, 0.25) is 0 Å². The maximum atomic E-state index is 11.5. The fourth-order valence-electron chi connectivity index (χ4n) is 0.843. The Bertz CT molecular complexity index is 353. The lowest BCUT2D eigenvalue weighted by Crippen LogP contribution is -2.12. The zero-order valence-corrected chi connectivity index (χ0v) is 10.9. The third kappa shape index (κ3) is 3.06. The van der Waals surface area contributed by atoms with Crippen LogP contribution in [-0.2, 0) is 4.74 Å². The van der Waals surface area contributed by atoms with Gasteiger partial charge in [-0.15, -0.1) is 0 Å². The van der Waals surface area contributed by atoms with Crippen molar-refractivity contribution in [2.45, 2.75) is 20.0 Å². The van der Waals surface area contributed by atoms with Crippen molar-refractivity contribution in [1.82, 2.24) is 4.98 Å². The highest BCUT2D eigenvalue weighted by atomic mass is 79.9. The maximum absolute atomic E-state index is 11.5. The summed E-state index contributed by atoms with van der Waals surface area (Å²) in [6.45, 7) is 3.61. The number of halogens is 2. The second kappa shape index (κ2) is 4.89. The van der Waals surface area contributed by atoms with E-state index in [1.165, 1.54) is 0 Å². The van der Waals surface area contributed by atoms with Gasteiger partial charge in [0.15, 0.2) is 0 Å². The molecule has 0 bridgehead atoms. The minimum absolute atomic E-state index is 0.131. The van der Waals surface area contributed by atoms with Crippen LogP contribution in [0.25, 0.3) is 0 Å². The molecule has 0 spiro atoms. The Morgan fingerprint density at radius 1 is 1.50 bits per heavy atom. The van der Waals surface area contributed by atoms with E-state index in [0.717, 1.165) is 4.47 Å². The van der Waals surface area contributed by atoms with Crippen molar-refractivity contribution in [3.63, 3.8) is 0 Å². The zero-order chi connectivity index (χ0) is 10.7. The van der Waals surface area contributed by atoms with Gasteiger partial charge in [0.25, 0.3) is 0 Å². The van der Waals surface area contributed by atoms with E-state index in [1.54, 1.807) is 26.1 Å². The number of nitrogens with zero attached hydrogens (tertiary/aromatic N) is 1. The zero-order valence-electron chi connectivity index (χ0n) is 7.75. The summed E-state index contributed by atoms with van der Waals surface area (Å²) in [5.41, 5.74) is 0.424. The molecule has 0 aromatic carbocycles. The minimum atomic E-state index is -0.374. The van der Waals surface area contributed by atoms with Gasteiger partial charge >= 0.3 is 5.97 Å². The Hall–Kier alpha value is -0.420. The van der Waals surface area contributed by atoms with Crippen LogP contribution in [0.2, 0.25) is 0 Å². The highest BCUT2D eigenvalue weighted by molar-refractivity contribution is 9.11. The molecule has 0 radical (unpaired) electrons. The first-order chi connectivity index (χ1) is 6.50. The molecule has 0 aliphatic rings. The molecular weight excluding hydrogens is 314 g/mol. The van der Waals surface area contributed by atoms with Gasteiger partial charge in [-0.1, -0.05) is 0 Å². The van der Waals surface area contributed by atoms with Crippen molar-refractivity contribution in [3.05, 3.63) is 26.9 Å². The first-order valence-electron chi connectivity index (χ1n) is 4.02. The van der Waals surface area contributed by atoms with Crippen LogP contribution in [0.5, 0.6) is 0 Å². The molecule has 0 saturated heterocycles.